The van der Waals surface area contributed by atoms with Gasteiger partial charge in [0, 0.05) is 17.7 Å². The van der Waals surface area contributed by atoms with Crippen molar-refractivity contribution in [2.24, 2.45) is 0 Å². The lowest BCUT2D eigenvalue weighted by molar-refractivity contribution is -0.117. The van der Waals surface area contributed by atoms with Crippen molar-refractivity contribution in [1.29, 1.82) is 0 Å². The number of hydrogen-bond donors (Lipinski definition) is 1. The third-order valence-corrected chi connectivity index (χ3v) is 6.33. The predicted molar refractivity (Wildman–Crippen MR) is 94.3 cm³/mol. The number of pyridine rings is 1. The maximum Gasteiger partial charge on any atom is 0.246 e. The van der Waals surface area contributed by atoms with Crippen LogP contribution in [0.15, 0.2) is 33.8 Å². The van der Waals surface area contributed by atoms with Crippen LogP contribution in [0.4, 0.5) is 5.82 Å². The molecule has 0 spiro atoms. The second-order valence-corrected chi connectivity index (χ2v) is 10.00. The first-order valence-corrected chi connectivity index (χ1v) is 9.36. The van der Waals surface area contributed by atoms with Crippen LogP contribution in [0, 0.1) is 0 Å². The number of aromatic nitrogens is 2. The summed E-state index contributed by atoms with van der Waals surface area (Å²) >= 11 is 5.68. The van der Waals surface area contributed by atoms with Crippen LogP contribution in [0.2, 0.25) is 5.15 Å². The van der Waals surface area contributed by atoms with Gasteiger partial charge >= 0.3 is 0 Å². The van der Waals surface area contributed by atoms with E-state index in [2.05, 4.69) is 15.5 Å². The fourth-order valence-corrected chi connectivity index (χ4v) is 3.33. The average Bonchev–Trinajstić information content (AvgIpc) is 2.96. The standard InChI is InChI=1S/C16H20ClN3O4S/c1-15(2,3)11-8-13(20-24-11)19-14(21)16(4,5)25(22,23)10-6-7-12(17)18-9-10/h6-9H,1-5H3,(H,19,20,21). The molecule has 2 heterocycles. The smallest absolute Gasteiger partial charge is 0.246 e. The van der Waals surface area contributed by atoms with E-state index in [4.69, 9.17) is 16.1 Å². The number of nitrogens with zero attached hydrogens (tertiary/aromatic N) is 2. The minimum absolute atomic E-state index is 0.0902. The molecule has 0 radical (unpaired) electrons. The third kappa shape index (κ3) is 3.85. The molecule has 9 heteroatoms. The van der Waals surface area contributed by atoms with Gasteiger partial charge in [-0.25, -0.2) is 13.4 Å². The molecular weight excluding hydrogens is 366 g/mol. The maximum absolute atomic E-state index is 12.8. The maximum atomic E-state index is 12.8. The molecule has 2 aromatic heterocycles. The normalized spacial score (nSPS) is 12.9. The molecule has 0 aliphatic rings. The SMILES string of the molecule is CC(C)(C)c1cc(NC(=O)C(C)(C)S(=O)(=O)c2ccc(Cl)nc2)no1. The van der Waals surface area contributed by atoms with Crippen molar-refractivity contribution in [1.82, 2.24) is 10.1 Å². The number of sulfone groups is 1. The van der Waals surface area contributed by atoms with Gasteiger partial charge in [0.05, 0.1) is 4.90 Å². The van der Waals surface area contributed by atoms with Gasteiger partial charge < -0.3 is 9.84 Å². The number of rotatable bonds is 4. The molecule has 0 saturated heterocycles. The first kappa shape index (κ1) is 19.4. The Kier molecular flexibility index (Phi) is 4.98. The summed E-state index contributed by atoms with van der Waals surface area (Å²) in [4.78, 5) is 16.2. The highest BCUT2D eigenvalue weighted by molar-refractivity contribution is 7.93. The zero-order valence-electron chi connectivity index (χ0n) is 14.6. The van der Waals surface area contributed by atoms with Crippen LogP contribution >= 0.6 is 11.6 Å². The first-order chi connectivity index (χ1) is 11.4. The Morgan fingerprint density at radius 3 is 2.32 bits per heavy atom. The third-order valence-electron chi connectivity index (χ3n) is 3.72. The Morgan fingerprint density at radius 1 is 1.20 bits per heavy atom. The molecule has 0 aliphatic heterocycles. The first-order valence-electron chi connectivity index (χ1n) is 7.50. The molecule has 0 unspecified atom stereocenters. The minimum Gasteiger partial charge on any atom is -0.359 e. The molecule has 7 nitrogen and oxygen atoms in total. The number of hydrogen-bond acceptors (Lipinski definition) is 6. The van der Waals surface area contributed by atoms with Gasteiger partial charge in [0.1, 0.15) is 15.7 Å². The minimum atomic E-state index is -3.99. The average molecular weight is 386 g/mol. The van der Waals surface area contributed by atoms with Gasteiger partial charge in [-0.05, 0) is 26.0 Å². The van der Waals surface area contributed by atoms with Crippen molar-refractivity contribution in [2.45, 2.75) is 49.7 Å². The van der Waals surface area contributed by atoms with Crippen LogP contribution in [0.25, 0.3) is 0 Å². The van der Waals surface area contributed by atoms with Gasteiger partial charge in [-0.15, -0.1) is 0 Å². The van der Waals surface area contributed by atoms with Gasteiger partial charge in [-0.3, -0.25) is 4.79 Å². The second kappa shape index (κ2) is 6.42. The number of carbonyl (C=O) groups excluding carboxylic acids is 1. The summed E-state index contributed by atoms with van der Waals surface area (Å²) < 4.78 is 29.0. The Labute approximate surface area is 151 Å². The molecule has 0 aliphatic carbocycles. The highest BCUT2D eigenvalue weighted by atomic mass is 35.5. The summed E-state index contributed by atoms with van der Waals surface area (Å²) in [5.74, 6) is 0.00834. The molecule has 0 aromatic carbocycles. The van der Waals surface area contributed by atoms with Crippen molar-refractivity contribution >= 4 is 33.2 Å². The summed E-state index contributed by atoms with van der Waals surface area (Å²) in [6, 6.07) is 4.24. The zero-order valence-corrected chi connectivity index (χ0v) is 16.2. The lowest BCUT2D eigenvalue weighted by Gasteiger charge is -2.23. The summed E-state index contributed by atoms with van der Waals surface area (Å²) in [6.07, 6.45) is 1.13. The molecule has 0 fully saturated rings. The van der Waals surface area contributed by atoms with Gasteiger partial charge in [-0.1, -0.05) is 37.5 Å². The second-order valence-electron chi connectivity index (χ2n) is 7.11. The van der Waals surface area contributed by atoms with E-state index in [1.807, 2.05) is 20.8 Å². The summed E-state index contributed by atoms with van der Waals surface area (Å²) in [7, 11) is -3.99. The topological polar surface area (TPSA) is 102 Å². The van der Waals surface area contributed by atoms with Crippen LogP contribution in [0.3, 0.4) is 0 Å². The van der Waals surface area contributed by atoms with Crippen molar-refractivity contribution in [3.8, 4) is 0 Å². The van der Waals surface area contributed by atoms with Crippen LogP contribution < -0.4 is 5.32 Å². The van der Waals surface area contributed by atoms with Gasteiger partial charge in [0.2, 0.25) is 5.91 Å². The summed E-state index contributed by atoms with van der Waals surface area (Å²) in [6.45, 7) is 8.43. The monoisotopic (exact) mass is 385 g/mol. The van der Waals surface area contributed by atoms with Crippen molar-refractivity contribution in [2.75, 3.05) is 5.32 Å². The molecule has 0 atom stereocenters. The lowest BCUT2D eigenvalue weighted by Crippen LogP contribution is -2.44. The molecule has 1 amide bonds. The van der Waals surface area contributed by atoms with E-state index in [1.165, 1.54) is 26.0 Å². The molecule has 0 saturated carbocycles. The van der Waals surface area contributed by atoms with Crippen LogP contribution in [0.5, 0.6) is 0 Å². The van der Waals surface area contributed by atoms with Crippen LogP contribution in [-0.4, -0.2) is 29.2 Å². The quantitative estimate of drug-likeness (QED) is 0.810. The molecular formula is C16H20ClN3O4S. The zero-order chi connectivity index (χ0) is 19.0. The fraction of sp³-hybridized carbons (Fsp3) is 0.438. The van der Waals surface area contributed by atoms with Crippen LogP contribution in [0.1, 0.15) is 40.4 Å². The Bertz CT molecular complexity index is 881. The van der Waals surface area contributed by atoms with Crippen molar-refractivity contribution in [3.63, 3.8) is 0 Å². The molecule has 136 valence electrons. The van der Waals surface area contributed by atoms with E-state index in [0.29, 0.717) is 5.76 Å². The van der Waals surface area contributed by atoms with Gasteiger partial charge in [-0.2, -0.15) is 0 Å². The van der Waals surface area contributed by atoms with E-state index in [-0.39, 0.29) is 21.3 Å². The fourth-order valence-electron chi connectivity index (χ4n) is 1.89. The number of nitrogens with one attached hydrogen (secondary N) is 1. The molecule has 25 heavy (non-hydrogen) atoms. The van der Waals surface area contributed by atoms with Crippen molar-refractivity contribution in [3.05, 3.63) is 35.3 Å². The Balaban J connectivity index is 2.27. The number of carbonyl (C=O) groups is 1. The van der Waals surface area contributed by atoms with E-state index < -0.39 is 20.5 Å². The van der Waals surface area contributed by atoms with Gasteiger partial charge in [0.15, 0.2) is 15.7 Å². The molecule has 2 aromatic rings. The van der Waals surface area contributed by atoms with E-state index >= 15 is 0 Å². The Morgan fingerprint density at radius 2 is 1.84 bits per heavy atom. The lowest BCUT2D eigenvalue weighted by atomic mass is 9.93. The number of anilines is 1. The Hall–Kier alpha value is -1.93. The predicted octanol–water partition coefficient (Wildman–Crippen LogP) is 3.21. The van der Waals surface area contributed by atoms with Crippen molar-refractivity contribution < 1.29 is 17.7 Å². The highest BCUT2D eigenvalue weighted by Crippen LogP contribution is 2.28. The number of amides is 1. The molecule has 0 bridgehead atoms. The van der Waals surface area contributed by atoms with Crippen LogP contribution in [-0.2, 0) is 20.0 Å². The summed E-state index contributed by atoms with van der Waals surface area (Å²) in [5.41, 5.74) is -0.285. The number of halogens is 1. The summed E-state index contributed by atoms with van der Waals surface area (Å²) in [5, 5.41) is 6.43. The largest absolute Gasteiger partial charge is 0.359 e. The van der Waals surface area contributed by atoms with E-state index in [0.717, 1.165) is 6.20 Å². The molecule has 1 N–H and O–H groups in total. The molecule has 2 rings (SSSR count). The van der Waals surface area contributed by atoms with E-state index in [9.17, 15) is 13.2 Å². The van der Waals surface area contributed by atoms with Gasteiger partial charge in [0.25, 0.3) is 0 Å². The highest BCUT2D eigenvalue weighted by Gasteiger charge is 2.43. The van der Waals surface area contributed by atoms with E-state index in [1.54, 1.807) is 6.07 Å².